The summed E-state index contributed by atoms with van der Waals surface area (Å²) in [5.74, 6) is 0. The van der Waals surface area contributed by atoms with Crippen molar-refractivity contribution >= 4 is 5.69 Å². The Hall–Kier alpha value is -2.28. The number of nitrogens with two attached hydrogens (primary N) is 1. The van der Waals surface area contributed by atoms with Gasteiger partial charge in [-0.2, -0.15) is 0 Å². The number of allylic oxidation sites excluding steroid dienone is 5. The van der Waals surface area contributed by atoms with Gasteiger partial charge in [-0.25, -0.2) is 0 Å². The van der Waals surface area contributed by atoms with E-state index in [0.717, 1.165) is 5.69 Å². The average Bonchev–Trinajstić information content (AvgIpc) is 2.48. The Morgan fingerprint density at radius 1 is 1.05 bits per heavy atom. The van der Waals surface area contributed by atoms with Crippen molar-refractivity contribution in [2.75, 3.05) is 5.73 Å². The third-order valence-electron chi connectivity index (χ3n) is 1.89. The van der Waals surface area contributed by atoms with Gasteiger partial charge >= 0.3 is 0 Å². The second-order valence-corrected chi connectivity index (χ2v) is 3.56. The monoisotopic (exact) mass is 271 g/mol. The fraction of sp³-hybridized carbons (Fsp3) is 0.158. The van der Waals surface area contributed by atoms with Crippen molar-refractivity contribution in [3.8, 4) is 0 Å². The van der Waals surface area contributed by atoms with Crippen LogP contribution in [0.5, 0.6) is 0 Å². The third kappa shape index (κ3) is 18.1. The molecule has 1 rings (SSSR count). The first-order valence-corrected chi connectivity index (χ1v) is 6.34. The Labute approximate surface area is 125 Å². The van der Waals surface area contributed by atoms with Crippen molar-refractivity contribution in [3.63, 3.8) is 0 Å². The van der Waals surface area contributed by atoms with Crippen LogP contribution in [0.2, 0.25) is 0 Å². The molecule has 110 valence electrons. The molecule has 0 radical (unpaired) electrons. The van der Waals surface area contributed by atoms with Gasteiger partial charge in [-0.05, 0) is 32.9 Å². The lowest BCUT2D eigenvalue weighted by molar-refractivity contribution is 1.47. The maximum Gasteiger partial charge on any atom is 0.0314 e. The van der Waals surface area contributed by atoms with E-state index in [4.69, 9.17) is 5.73 Å². The molecule has 0 saturated carbocycles. The van der Waals surface area contributed by atoms with Crippen molar-refractivity contribution in [2.24, 2.45) is 0 Å². The van der Waals surface area contributed by atoms with E-state index in [1.165, 1.54) is 11.1 Å². The van der Waals surface area contributed by atoms with E-state index in [9.17, 15) is 0 Å². The van der Waals surface area contributed by atoms with E-state index in [1.54, 1.807) is 6.08 Å². The molecular weight excluding hydrogens is 242 g/mol. The van der Waals surface area contributed by atoms with Gasteiger partial charge in [-0.3, -0.25) is 0 Å². The van der Waals surface area contributed by atoms with Crippen LogP contribution in [-0.4, -0.2) is 0 Å². The van der Waals surface area contributed by atoms with Crippen molar-refractivity contribution in [2.45, 2.75) is 20.8 Å². The molecular formula is C19H29N. The van der Waals surface area contributed by atoms with E-state index in [1.807, 2.05) is 63.3 Å². The lowest BCUT2D eigenvalue weighted by atomic mass is 10.2. The smallest absolute Gasteiger partial charge is 0.0314 e. The minimum atomic E-state index is 0.829. The van der Waals surface area contributed by atoms with Crippen molar-refractivity contribution in [1.29, 1.82) is 0 Å². The summed E-state index contributed by atoms with van der Waals surface area (Å²) < 4.78 is 0. The molecule has 0 saturated heterocycles. The molecule has 0 unspecified atom stereocenters. The lowest BCUT2D eigenvalue weighted by Crippen LogP contribution is -1.81. The molecule has 1 aromatic carbocycles. The predicted molar refractivity (Wildman–Crippen MR) is 96.9 cm³/mol. The summed E-state index contributed by atoms with van der Waals surface area (Å²) in [6.45, 7) is 21.7. The molecule has 20 heavy (non-hydrogen) atoms. The van der Waals surface area contributed by atoms with Gasteiger partial charge in [-0.1, -0.05) is 54.2 Å². The van der Waals surface area contributed by atoms with Crippen molar-refractivity contribution in [1.82, 2.24) is 0 Å². The Balaban J connectivity index is -0.000000231. The molecule has 0 atom stereocenters. The van der Waals surface area contributed by atoms with Gasteiger partial charge in [0.2, 0.25) is 0 Å². The zero-order valence-electron chi connectivity index (χ0n) is 13.2. The topological polar surface area (TPSA) is 26.0 Å². The summed E-state index contributed by atoms with van der Waals surface area (Å²) in [6, 6.07) is 7.79. The molecule has 1 nitrogen and oxygen atoms in total. The number of hydrogen-bond donors (Lipinski definition) is 1. The molecule has 0 spiro atoms. The molecule has 2 N–H and O–H groups in total. The first kappa shape index (κ1) is 22.9. The minimum Gasteiger partial charge on any atom is -0.399 e. The number of rotatable bonds is 2. The summed E-state index contributed by atoms with van der Waals surface area (Å²) >= 11 is 0. The average molecular weight is 271 g/mol. The highest BCUT2D eigenvalue weighted by molar-refractivity contribution is 5.38. The number of aryl methyl sites for hydroxylation is 1. The Morgan fingerprint density at radius 3 is 1.80 bits per heavy atom. The van der Waals surface area contributed by atoms with Crippen LogP contribution in [0.3, 0.4) is 0 Å². The Bertz CT molecular complexity index is 360. The normalized spacial score (nSPS) is 9.05. The van der Waals surface area contributed by atoms with Crippen LogP contribution >= 0.6 is 0 Å². The van der Waals surface area contributed by atoms with Crippen LogP contribution in [0, 0.1) is 6.92 Å². The van der Waals surface area contributed by atoms with Crippen LogP contribution in [-0.2, 0) is 0 Å². The second-order valence-electron chi connectivity index (χ2n) is 3.56. The van der Waals surface area contributed by atoms with Crippen molar-refractivity contribution in [3.05, 3.63) is 92.6 Å². The summed E-state index contributed by atoms with van der Waals surface area (Å²) in [6.07, 6.45) is 7.81. The number of hydrogen-bond acceptors (Lipinski definition) is 1. The highest BCUT2D eigenvalue weighted by atomic mass is 14.5. The van der Waals surface area contributed by atoms with E-state index < -0.39 is 0 Å². The highest BCUT2D eigenvalue weighted by Gasteiger charge is 1.80. The zero-order valence-corrected chi connectivity index (χ0v) is 13.2. The first-order valence-electron chi connectivity index (χ1n) is 6.34. The second kappa shape index (κ2) is 19.1. The minimum absolute atomic E-state index is 0.829. The standard InChI is InChI=1S/C8H12.C7H9N.2C2H4/c1-4-6-8(3)7-5-2;1-6-2-4-7(8)5-3-6;2*1-2/h4-7H,1H2,2-3H3;2-5H,8H2,1H3;2*1-2H2/b7-5-,8-6-;;;. The van der Waals surface area contributed by atoms with Gasteiger partial charge in [0.1, 0.15) is 0 Å². The molecule has 0 fully saturated rings. The fourth-order valence-electron chi connectivity index (χ4n) is 1.07. The molecule has 1 heteroatoms. The number of nitrogen functional groups attached to an aromatic ring is 1. The van der Waals surface area contributed by atoms with Gasteiger partial charge in [0.25, 0.3) is 0 Å². The molecule has 0 amide bonds. The largest absolute Gasteiger partial charge is 0.399 e. The Kier molecular flexibility index (Phi) is 21.8. The SMILES string of the molecule is C=C.C=C.C=C/C=C(C)\C=C/C.Cc1ccc(N)cc1. The van der Waals surface area contributed by atoms with Crippen molar-refractivity contribution < 1.29 is 0 Å². The maximum atomic E-state index is 5.43. The van der Waals surface area contributed by atoms with Crippen LogP contribution in [0.15, 0.2) is 87.0 Å². The van der Waals surface area contributed by atoms with E-state index >= 15 is 0 Å². The fourth-order valence-corrected chi connectivity index (χ4v) is 1.07. The van der Waals surface area contributed by atoms with Gasteiger partial charge < -0.3 is 5.73 Å². The van der Waals surface area contributed by atoms with E-state index in [2.05, 4.69) is 32.9 Å². The maximum absolute atomic E-state index is 5.43. The molecule has 0 bridgehead atoms. The first-order chi connectivity index (χ1) is 9.60. The number of anilines is 1. The molecule has 0 aliphatic rings. The molecule has 0 aromatic heterocycles. The van der Waals surface area contributed by atoms with Gasteiger partial charge in [0.05, 0.1) is 0 Å². The summed E-state index contributed by atoms with van der Waals surface area (Å²) in [7, 11) is 0. The summed E-state index contributed by atoms with van der Waals surface area (Å²) in [5, 5.41) is 0. The lowest BCUT2D eigenvalue weighted by Gasteiger charge is -1.90. The quantitative estimate of drug-likeness (QED) is 0.406. The van der Waals surface area contributed by atoms with E-state index in [0.29, 0.717) is 0 Å². The van der Waals surface area contributed by atoms with Crippen LogP contribution in [0.4, 0.5) is 5.69 Å². The molecule has 0 heterocycles. The molecule has 1 aromatic rings. The van der Waals surface area contributed by atoms with Gasteiger partial charge in [0, 0.05) is 5.69 Å². The van der Waals surface area contributed by atoms with Crippen LogP contribution < -0.4 is 5.73 Å². The van der Waals surface area contributed by atoms with Gasteiger partial charge in [-0.15, -0.1) is 26.3 Å². The summed E-state index contributed by atoms with van der Waals surface area (Å²) in [4.78, 5) is 0. The predicted octanol–water partition coefficient (Wildman–Crippen LogP) is 5.88. The highest BCUT2D eigenvalue weighted by Crippen LogP contribution is 2.02. The van der Waals surface area contributed by atoms with E-state index in [-0.39, 0.29) is 0 Å². The molecule has 0 aliphatic heterocycles. The van der Waals surface area contributed by atoms with Gasteiger partial charge in [0.15, 0.2) is 0 Å². The zero-order chi connectivity index (χ0) is 16.4. The van der Waals surface area contributed by atoms with Crippen LogP contribution in [0.25, 0.3) is 0 Å². The third-order valence-corrected chi connectivity index (χ3v) is 1.89. The Morgan fingerprint density at radius 2 is 1.50 bits per heavy atom. The number of benzene rings is 1. The van der Waals surface area contributed by atoms with Crippen LogP contribution in [0.1, 0.15) is 19.4 Å². The summed E-state index contributed by atoms with van der Waals surface area (Å²) in [5.41, 5.74) is 8.74. The molecule has 0 aliphatic carbocycles.